The summed E-state index contributed by atoms with van der Waals surface area (Å²) in [7, 11) is 0. The maximum absolute atomic E-state index is 11.8. The minimum Gasteiger partial charge on any atom is -0.484 e. The van der Waals surface area contributed by atoms with E-state index in [9.17, 15) is 4.79 Å². The predicted octanol–water partition coefficient (Wildman–Crippen LogP) is -0.286. The summed E-state index contributed by atoms with van der Waals surface area (Å²) in [6.07, 6.45) is 0. The molecule has 2 N–H and O–H groups in total. The Morgan fingerprint density at radius 3 is 2.81 bits per heavy atom. The molecule has 1 heterocycles. The van der Waals surface area contributed by atoms with Crippen LogP contribution in [-0.2, 0) is 9.53 Å². The molecule has 5 heteroatoms. The van der Waals surface area contributed by atoms with Crippen molar-refractivity contribution in [3.63, 3.8) is 0 Å². The van der Waals surface area contributed by atoms with Crippen LogP contribution in [0.1, 0.15) is 11.1 Å². The second-order valence-electron chi connectivity index (χ2n) is 5.52. The highest BCUT2D eigenvalue weighted by Crippen LogP contribution is 2.18. The van der Waals surface area contributed by atoms with Crippen molar-refractivity contribution in [1.29, 1.82) is 0 Å². The molecule has 2 rings (SSSR count). The molecule has 1 fully saturated rings. The smallest absolute Gasteiger partial charge is 0.258 e. The van der Waals surface area contributed by atoms with E-state index in [-0.39, 0.29) is 12.5 Å². The highest BCUT2D eigenvalue weighted by atomic mass is 16.5. The van der Waals surface area contributed by atoms with Gasteiger partial charge in [-0.2, -0.15) is 0 Å². The summed E-state index contributed by atoms with van der Waals surface area (Å²) < 4.78 is 10.9. The summed E-state index contributed by atoms with van der Waals surface area (Å²) in [5.41, 5.74) is 2.25. The van der Waals surface area contributed by atoms with Crippen LogP contribution >= 0.6 is 0 Å². The van der Waals surface area contributed by atoms with Crippen LogP contribution in [0.5, 0.6) is 5.75 Å². The lowest BCUT2D eigenvalue weighted by molar-refractivity contribution is -0.906. The quantitative estimate of drug-likeness (QED) is 0.758. The molecular weight excluding hydrogens is 268 g/mol. The number of carbonyl (C=O) groups excluding carboxylic acids is 1. The van der Waals surface area contributed by atoms with Crippen molar-refractivity contribution in [3.05, 3.63) is 29.3 Å². The zero-order chi connectivity index (χ0) is 15.1. The second-order valence-corrected chi connectivity index (χ2v) is 5.52. The average molecular weight is 293 g/mol. The fourth-order valence-electron chi connectivity index (χ4n) is 2.44. The van der Waals surface area contributed by atoms with Crippen LogP contribution in [0, 0.1) is 13.8 Å². The number of aryl methyl sites for hydroxylation is 2. The van der Waals surface area contributed by atoms with Crippen LogP contribution in [0.3, 0.4) is 0 Å². The maximum atomic E-state index is 11.8. The van der Waals surface area contributed by atoms with E-state index in [1.165, 1.54) is 10.5 Å². The van der Waals surface area contributed by atoms with Crippen LogP contribution in [0.15, 0.2) is 18.2 Å². The molecule has 1 aliphatic heterocycles. The lowest BCUT2D eigenvalue weighted by Gasteiger charge is -2.23. The molecule has 1 aromatic carbocycles. The number of amides is 1. The summed E-state index contributed by atoms with van der Waals surface area (Å²) in [6, 6.07) is 5.95. The number of morpholine rings is 1. The van der Waals surface area contributed by atoms with E-state index in [2.05, 4.69) is 11.4 Å². The standard InChI is InChI=1S/C16H24N2O3/c1-13-3-4-15(14(2)11-13)21-12-16(19)17-5-6-18-7-9-20-10-8-18/h3-4,11H,5-10,12H2,1-2H3,(H,17,19)/p+1. The Hall–Kier alpha value is -1.59. The SMILES string of the molecule is Cc1ccc(OCC(=O)NCC[NH+]2CCOCC2)c(C)c1. The van der Waals surface area contributed by atoms with E-state index in [1.54, 1.807) is 0 Å². The first kappa shape index (κ1) is 15.8. The van der Waals surface area contributed by atoms with E-state index < -0.39 is 0 Å². The van der Waals surface area contributed by atoms with Crippen LogP contribution in [-0.4, -0.2) is 51.9 Å². The minimum atomic E-state index is -0.0670. The average Bonchev–Trinajstić information content (AvgIpc) is 2.47. The molecule has 0 aromatic heterocycles. The third-order valence-electron chi connectivity index (χ3n) is 3.69. The number of hydrogen-bond acceptors (Lipinski definition) is 3. The van der Waals surface area contributed by atoms with Gasteiger partial charge >= 0.3 is 0 Å². The molecule has 0 unspecified atom stereocenters. The number of rotatable bonds is 6. The Morgan fingerprint density at radius 1 is 1.33 bits per heavy atom. The van der Waals surface area contributed by atoms with Crippen molar-refractivity contribution in [2.45, 2.75) is 13.8 Å². The van der Waals surface area contributed by atoms with Crippen molar-refractivity contribution in [1.82, 2.24) is 5.32 Å². The molecule has 0 aliphatic carbocycles. The number of nitrogens with one attached hydrogen (secondary N) is 2. The molecule has 1 aromatic rings. The number of quaternary nitrogens is 1. The molecule has 0 radical (unpaired) electrons. The largest absolute Gasteiger partial charge is 0.484 e. The van der Waals surface area contributed by atoms with Crippen molar-refractivity contribution in [2.24, 2.45) is 0 Å². The molecule has 0 atom stereocenters. The van der Waals surface area contributed by atoms with Gasteiger partial charge in [0.15, 0.2) is 6.61 Å². The Balaban J connectivity index is 1.65. The second kappa shape index (κ2) is 8.00. The zero-order valence-electron chi connectivity index (χ0n) is 12.9. The molecular formula is C16H25N2O3+. The lowest BCUT2D eigenvalue weighted by atomic mass is 10.1. The van der Waals surface area contributed by atoms with Gasteiger partial charge in [-0.3, -0.25) is 4.79 Å². The van der Waals surface area contributed by atoms with E-state index in [4.69, 9.17) is 9.47 Å². The van der Waals surface area contributed by atoms with Gasteiger partial charge in [0.05, 0.1) is 26.3 Å². The Kier molecular flexibility index (Phi) is 6.02. The van der Waals surface area contributed by atoms with Crippen molar-refractivity contribution in [2.75, 3.05) is 46.0 Å². The van der Waals surface area contributed by atoms with Gasteiger partial charge in [-0.25, -0.2) is 0 Å². The summed E-state index contributed by atoms with van der Waals surface area (Å²) in [6.45, 7) is 9.41. The van der Waals surface area contributed by atoms with Gasteiger partial charge in [0.1, 0.15) is 18.8 Å². The van der Waals surface area contributed by atoms with Gasteiger partial charge < -0.3 is 19.7 Å². The molecule has 1 saturated heterocycles. The molecule has 0 bridgehead atoms. The van der Waals surface area contributed by atoms with Crippen LogP contribution in [0.25, 0.3) is 0 Å². The van der Waals surface area contributed by atoms with Gasteiger partial charge in [0.2, 0.25) is 0 Å². The van der Waals surface area contributed by atoms with Gasteiger partial charge in [0.25, 0.3) is 5.91 Å². The summed E-state index contributed by atoms with van der Waals surface area (Å²) in [4.78, 5) is 13.2. The third kappa shape index (κ3) is 5.36. The van der Waals surface area contributed by atoms with Crippen molar-refractivity contribution >= 4 is 5.91 Å². The first-order chi connectivity index (χ1) is 10.1. The molecule has 5 nitrogen and oxygen atoms in total. The Labute approximate surface area is 126 Å². The van der Waals surface area contributed by atoms with Gasteiger partial charge in [-0.05, 0) is 25.5 Å². The zero-order valence-corrected chi connectivity index (χ0v) is 12.9. The van der Waals surface area contributed by atoms with E-state index in [0.29, 0.717) is 6.54 Å². The highest BCUT2D eigenvalue weighted by Gasteiger charge is 2.13. The van der Waals surface area contributed by atoms with Crippen molar-refractivity contribution in [3.8, 4) is 5.75 Å². The summed E-state index contributed by atoms with van der Waals surface area (Å²) in [5.74, 6) is 0.706. The summed E-state index contributed by atoms with van der Waals surface area (Å²) in [5, 5.41) is 2.91. The molecule has 0 spiro atoms. The number of carbonyl (C=O) groups is 1. The molecule has 116 valence electrons. The van der Waals surface area contributed by atoms with Gasteiger partial charge in [-0.15, -0.1) is 0 Å². The fourth-order valence-corrected chi connectivity index (χ4v) is 2.44. The Bertz CT molecular complexity index is 471. The van der Waals surface area contributed by atoms with E-state index in [1.807, 2.05) is 26.0 Å². The minimum absolute atomic E-state index is 0.0670. The molecule has 21 heavy (non-hydrogen) atoms. The predicted molar refractivity (Wildman–Crippen MR) is 80.8 cm³/mol. The Morgan fingerprint density at radius 2 is 2.10 bits per heavy atom. The van der Waals surface area contributed by atoms with E-state index in [0.717, 1.165) is 44.2 Å². The number of ether oxygens (including phenoxy) is 2. The van der Waals surface area contributed by atoms with Crippen molar-refractivity contribution < 1.29 is 19.2 Å². The first-order valence-electron chi connectivity index (χ1n) is 7.53. The maximum Gasteiger partial charge on any atom is 0.258 e. The topological polar surface area (TPSA) is 52.0 Å². The monoisotopic (exact) mass is 293 g/mol. The van der Waals surface area contributed by atoms with E-state index >= 15 is 0 Å². The summed E-state index contributed by atoms with van der Waals surface area (Å²) >= 11 is 0. The van der Waals surface area contributed by atoms with Gasteiger partial charge in [0, 0.05) is 0 Å². The van der Waals surface area contributed by atoms with Crippen LogP contribution in [0.4, 0.5) is 0 Å². The van der Waals surface area contributed by atoms with Gasteiger partial charge in [-0.1, -0.05) is 17.7 Å². The molecule has 1 aliphatic rings. The highest BCUT2D eigenvalue weighted by molar-refractivity contribution is 5.77. The fraction of sp³-hybridized carbons (Fsp3) is 0.562. The first-order valence-corrected chi connectivity index (χ1v) is 7.53. The normalized spacial score (nSPS) is 15.7. The third-order valence-corrected chi connectivity index (χ3v) is 3.69. The van der Waals surface area contributed by atoms with Crippen LogP contribution < -0.4 is 15.0 Å². The number of benzene rings is 1. The molecule has 1 amide bonds. The molecule has 0 saturated carbocycles. The lowest BCUT2D eigenvalue weighted by Crippen LogP contribution is -3.14. The number of hydrogen-bond donors (Lipinski definition) is 2. The van der Waals surface area contributed by atoms with Crippen LogP contribution in [0.2, 0.25) is 0 Å².